The van der Waals surface area contributed by atoms with Gasteiger partial charge in [-0.2, -0.15) is 0 Å². The van der Waals surface area contributed by atoms with E-state index < -0.39 is 6.10 Å². The molecule has 1 aliphatic rings. The third-order valence-electron chi connectivity index (χ3n) is 3.66. The van der Waals surface area contributed by atoms with Gasteiger partial charge in [-0.1, -0.05) is 36.4 Å². The Morgan fingerprint density at radius 2 is 1.92 bits per heavy atom. The SMILES string of the molecule is Cl.Cl.O=C(NC(c1ccccc1)c1cccnc1)C1CNCCO1. The Balaban J connectivity index is 0.00000144. The molecular formula is C17H21Cl2N3O2. The van der Waals surface area contributed by atoms with Crippen molar-refractivity contribution in [2.45, 2.75) is 12.1 Å². The van der Waals surface area contributed by atoms with E-state index in [9.17, 15) is 4.79 Å². The first kappa shape index (κ1) is 20.4. The van der Waals surface area contributed by atoms with Crippen molar-refractivity contribution in [2.75, 3.05) is 19.7 Å². The number of aromatic nitrogens is 1. The van der Waals surface area contributed by atoms with Gasteiger partial charge < -0.3 is 15.4 Å². The summed E-state index contributed by atoms with van der Waals surface area (Å²) in [5.41, 5.74) is 1.97. The number of benzene rings is 1. The van der Waals surface area contributed by atoms with Crippen molar-refractivity contribution in [1.29, 1.82) is 0 Å². The fourth-order valence-electron chi connectivity index (χ4n) is 2.52. The van der Waals surface area contributed by atoms with E-state index >= 15 is 0 Å². The van der Waals surface area contributed by atoms with Crippen LogP contribution in [0.4, 0.5) is 0 Å². The normalized spacial score (nSPS) is 17.8. The molecule has 130 valence electrons. The second kappa shape index (κ2) is 10.3. The van der Waals surface area contributed by atoms with Crippen LogP contribution in [0.25, 0.3) is 0 Å². The van der Waals surface area contributed by atoms with Gasteiger partial charge in [-0.3, -0.25) is 9.78 Å². The second-order valence-electron chi connectivity index (χ2n) is 5.20. The van der Waals surface area contributed by atoms with E-state index in [1.807, 2.05) is 42.5 Å². The molecule has 2 heterocycles. The van der Waals surface area contributed by atoms with Crippen LogP contribution < -0.4 is 10.6 Å². The minimum atomic E-state index is -0.448. The quantitative estimate of drug-likeness (QED) is 0.866. The van der Waals surface area contributed by atoms with E-state index in [0.717, 1.165) is 17.7 Å². The van der Waals surface area contributed by atoms with Crippen LogP contribution in [-0.4, -0.2) is 36.7 Å². The van der Waals surface area contributed by atoms with E-state index in [0.29, 0.717) is 13.2 Å². The molecule has 2 N–H and O–H groups in total. The number of hydrogen-bond acceptors (Lipinski definition) is 4. The molecule has 24 heavy (non-hydrogen) atoms. The number of pyridine rings is 1. The van der Waals surface area contributed by atoms with Crippen molar-refractivity contribution in [3.05, 3.63) is 66.0 Å². The molecule has 1 aromatic carbocycles. The van der Waals surface area contributed by atoms with E-state index in [1.165, 1.54) is 0 Å². The van der Waals surface area contributed by atoms with Crippen LogP contribution in [0.15, 0.2) is 54.9 Å². The number of halogens is 2. The number of amides is 1. The fourth-order valence-corrected chi connectivity index (χ4v) is 2.52. The van der Waals surface area contributed by atoms with Gasteiger partial charge in [0.25, 0.3) is 5.91 Å². The van der Waals surface area contributed by atoms with Crippen LogP contribution in [-0.2, 0) is 9.53 Å². The van der Waals surface area contributed by atoms with E-state index in [1.54, 1.807) is 12.4 Å². The summed E-state index contributed by atoms with van der Waals surface area (Å²) in [5.74, 6) is -0.107. The lowest BCUT2D eigenvalue weighted by atomic mass is 10.00. The van der Waals surface area contributed by atoms with Gasteiger partial charge in [0.05, 0.1) is 12.6 Å². The standard InChI is InChI=1S/C17H19N3O2.2ClH/c21-17(15-12-19-9-10-22-15)20-16(13-5-2-1-3-6-13)14-7-4-8-18-11-14;;/h1-8,11,15-16,19H,9-10,12H2,(H,20,21);2*1H. The van der Waals surface area contributed by atoms with Crippen LogP contribution in [0.2, 0.25) is 0 Å². The Hall–Kier alpha value is -1.66. The maximum atomic E-state index is 12.5. The third kappa shape index (κ3) is 5.18. The highest BCUT2D eigenvalue weighted by Gasteiger charge is 2.25. The number of nitrogens with one attached hydrogen (secondary N) is 2. The monoisotopic (exact) mass is 369 g/mol. The summed E-state index contributed by atoms with van der Waals surface area (Å²) in [6, 6.07) is 13.5. The van der Waals surface area contributed by atoms with Gasteiger partial charge in [-0.25, -0.2) is 0 Å². The van der Waals surface area contributed by atoms with Gasteiger partial charge in [0.2, 0.25) is 0 Å². The number of rotatable bonds is 4. The van der Waals surface area contributed by atoms with Crippen LogP contribution in [0.3, 0.4) is 0 Å². The van der Waals surface area contributed by atoms with Gasteiger partial charge >= 0.3 is 0 Å². The number of morpholine rings is 1. The molecule has 2 aromatic rings. The lowest BCUT2D eigenvalue weighted by molar-refractivity contribution is -0.134. The molecule has 5 nitrogen and oxygen atoms in total. The molecule has 1 saturated heterocycles. The Bertz CT molecular complexity index is 568. The molecule has 1 amide bonds. The lowest BCUT2D eigenvalue weighted by Gasteiger charge is -2.26. The third-order valence-corrected chi connectivity index (χ3v) is 3.66. The molecule has 3 rings (SSSR count). The smallest absolute Gasteiger partial charge is 0.251 e. The fraction of sp³-hybridized carbons (Fsp3) is 0.294. The van der Waals surface area contributed by atoms with Gasteiger partial charge in [-0.15, -0.1) is 24.8 Å². The van der Waals surface area contributed by atoms with Gasteiger partial charge in [0.15, 0.2) is 0 Å². The van der Waals surface area contributed by atoms with E-state index in [2.05, 4.69) is 15.6 Å². The summed E-state index contributed by atoms with van der Waals surface area (Å²) < 4.78 is 5.52. The lowest BCUT2D eigenvalue weighted by Crippen LogP contribution is -2.48. The average molecular weight is 370 g/mol. The first-order valence-corrected chi connectivity index (χ1v) is 7.42. The number of hydrogen-bond donors (Lipinski definition) is 2. The molecule has 1 fully saturated rings. The number of carbonyl (C=O) groups excluding carboxylic acids is 1. The highest BCUT2D eigenvalue weighted by Crippen LogP contribution is 2.21. The average Bonchev–Trinajstić information content (AvgIpc) is 2.62. The molecule has 0 aliphatic carbocycles. The minimum absolute atomic E-state index is 0. The number of nitrogens with zero attached hydrogens (tertiary/aromatic N) is 1. The highest BCUT2D eigenvalue weighted by molar-refractivity contribution is 5.85. The van der Waals surface area contributed by atoms with Crippen molar-refractivity contribution in [1.82, 2.24) is 15.6 Å². The van der Waals surface area contributed by atoms with Gasteiger partial charge in [0, 0.05) is 25.5 Å². The van der Waals surface area contributed by atoms with E-state index in [4.69, 9.17) is 4.74 Å². The highest BCUT2D eigenvalue weighted by atomic mass is 35.5. The Labute approximate surface area is 154 Å². The first-order valence-electron chi connectivity index (χ1n) is 7.42. The van der Waals surface area contributed by atoms with Crippen LogP contribution in [0, 0.1) is 0 Å². The molecule has 7 heteroatoms. The molecule has 1 aromatic heterocycles. The molecule has 0 bridgehead atoms. The van der Waals surface area contributed by atoms with Crippen LogP contribution in [0.5, 0.6) is 0 Å². The predicted octanol–water partition coefficient (Wildman–Crippen LogP) is 2.12. The summed E-state index contributed by atoms with van der Waals surface area (Å²) in [7, 11) is 0. The number of ether oxygens (including phenoxy) is 1. The number of carbonyl (C=O) groups is 1. The molecule has 0 radical (unpaired) electrons. The summed E-state index contributed by atoms with van der Waals surface area (Å²) in [5, 5.41) is 6.25. The zero-order valence-corrected chi connectivity index (χ0v) is 14.7. The van der Waals surface area contributed by atoms with Crippen molar-refractivity contribution in [3.63, 3.8) is 0 Å². The summed E-state index contributed by atoms with van der Waals surface area (Å²) >= 11 is 0. The molecule has 0 saturated carbocycles. The maximum Gasteiger partial charge on any atom is 0.251 e. The zero-order valence-electron chi connectivity index (χ0n) is 13.1. The minimum Gasteiger partial charge on any atom is -0.366 e. The Morgan fingerprint density at radius 1 is 1.17 bits per heavy atom. The largest absolute Gasteiger partial charge is 0.366 e. The molecular weight excluding hydrogens is 349 g/mol. The second-order valence-corrected chi connectivity index (χ2v) is 5.20. The van der Waals surface area contributed by atoms with Gasteiger partial charge in [0.1, 0.15) is 6.10 Å². The van der Waals surface area contributed by atoms with Crippen molar-refractivity contribution < 1.29 is 9.53 Å². The van der Waals surface area contributed by atoms with Crippen LogP contribution >= 0.6 is 24.8 Å². The van der Waals surface area contributed by atoms with Crippen molar-refractivity contribution in [3.8, 4) is 0 Å². The van der Waals surface area contributed by atoms with E-state index in [-0.39, 0.29) is 36.8 Å². The molecule has 0 spiro atoms. The first-order chi connectivity index (χ1) is 10.8. The predicted molar refractivity (Wildman–Crippen MR) is 97.8 cm³/mol. The summed E-state index contributed by atoms with van der Waals surface area (Å²) in [6.07, 6.45) is 3.05. The summed E-state index contributed by atoms with van der Waals surface area (Å²) in [6.45, 7) is 1.88. The molecule has 2 atom stereocenters. The molecule has 1 aliphatic heterocycles. The Kier molecular flexibility index (Phi) is 8.71. The topological polar surface area (TPSA) is 63.2 Å². The van der Waals surface area contributed by atoms with Gasteiger partial charge in [-0.05, 0) is 17.2 Å². The Morgan fingerprint density at radius 3 is 2.54 bits per heavy atom. The zero-order chi connectivity index (χ0) is 15.2. The van der Waals surface area contributed by atoms with Crippen LogP contribution in [0.1, 0.15) is 17.2 Å². The van der Waals surface area contributed by atoms with Crippen molar-refractivity contribution >= 4 is 30.7 Å². The molecule has 2 unspecified atom stereocenters. The summed E-state index contributed by atoms with van der Waals surface area (Å²) in [4.78, 5) is 16.6. The maximum absolute atomic E-state index is 12.5. The van der Waals surface area contributed by atoms with Crippen molar-refractivity contribution in [2.24, 2.45) is 0 Å².